The standard InChI is InChI=1S/C14H20N2O4S/c1-10-4-5-11(8-12(10)21(15,18)19)13(17)16-9-14(20-2)6-3-7-14/h4-5,8H,3,6-7,9H2,1-2H3,(H,16,17)(H2,15,18,19). The number of hydrogen-bond acceptors (Lipinski definition) is 4. The molecule has 6 nitrogen and oxygen atoms in total. The number of primary sulfonamides is 1. The van der Waals surface area contributed by atoms with Crippen LogP contribution in [0.5, 0.6) is 0 Å². The van der Waals surface area contributed by atoms with Crippen LogP contribution < -0.4 is 10.5 Å². The van der Waals surface area contributed by atoms with Gasteiger partial charge in [0.1, 0.15) is 0 Å². The van der Waals surface area contributed by atoms with Gasteiger partial charge in [-0.2, -0.15) is 0 Å². The number of benzene rings is 1. The van der Waals surface area contributed by atoms with E-state index in [0.29, 0.717) is 12.1 Å². The Balaban J connectivity index is 2.13. The summed E-state index contributed by atoms with van der Waals surface area (Å²) in [6.45, 7) is 2.05. The highest BCUT2D eigenvalue weighted by atomic mass is 32.2. The molecule has 116 valence electrons. The molecule has 7 heteroatoms. The van der Waals surface area contributed by atoms with Crippen LogP contribution in [0.25, 0.3) is 0 Å². The third-order valence-corrected chi connectivity index (χ3v) is 5.08. The quantitative estimate of drug-likeness (QED) is 0.845. The van der Waals surface area contributed by atoms with E-state index in [1.165, 1.54) is 6.07 Å². The van der Waals surface area contributed by atoms with Crippen LogP contribution in [0.2, 0.25) is 0 Å². The first-order valence-electron chi connectivity index (χ1n) is 6.74. The average molecular weight is 312 g/mol. The van der Waals surface area contributed by atoms with Crippen LogP contribution in [-0.4, -0.2) is 33.6 Å². The Morgan fingerprint density at radius 2 is 2.10 bits per heavy atom. The van der Waals surface area contributed by atoms with E-state index in [9.17, 15) is 13.2 Å². The maximum Gasteiger partial charge on any atom is 0.251 e. The van der Waals surface area contributed by atoms with Gasteiger partial charge in [-0.3, -0.25) is 4.79 Å². The lowest BCUT2D eigenvalue weighted by molar-refractivity contribution is -0.0679. The summed E-state index contributed by atoms with van der Waals surface area (Å²) in [6, 6.07) is 4.46. The molecule has 21 heavy (non-hydrogen) atoms. The molecule has 0 aromatic heterocycles. The monoisotopic (exact) mass is 312 g/mol. The van der Waals surface area contributed by atoms with Crippen LogP contribution in [0, 0.1) is 6.92 Å². The summed E-state index contributed by atoms with van der Waals surface area (Å²) in [4.78, 5) is 12.1. The Hall–Kier alpha value is -1.44. The van der Waals surface area contributed by atoms with Gasteiger partial charge in [-0.15, -0.1) is 0 Å². The van der Waals surface area contributed by atoms with E-state index in [1.807, 2.05) is 0 Å². The zero-order valence-electron chi connectivity index (χ0n) is 12.2. The fourth-order valence-electron chi connectivity index (χ4n) is 2.42. The molecule has 0 atom stereocenters. The number of rotatable bonds is 5. The number of nitrogens with two attached hydrogens (primary N) is 1. The lowest BCUT2D eigenvalue weighted by Gasteiger charge is -2.40. The van der Waals surface area contributed by atoms with Crippen molar-refractivity contribution >= 4 is 15.9 Å². The first-order chi connectivity index (χ1) is 9.77. The Bertz CT molecular complexity index is 645. The smallest absolute Gasteiger partial charge is 0.251 e. The van der Waals surface area contributed by atoms with Gasteiger partial charge in [0.25, 0.3) is 5.91 Å². The molecule has 1 aliphatic carbocycles. The Morgan fingerprint density at radius 1 is 1.43 bits per heavy atom. The van der Waals surface area contributed by atoms with Crippen molar-refractivity contribution in [2.75, 3.05) is 13.7 Å². The van der Waals surface area contributed by atoms with Crippen molar-refractivity contribution in [1.82, 2.24) is 5.32 Å². The van der Waals surface area contributed by atoms with Crippen molar-refractivity contribution in [1.29, 1.82) is 0 Å². The molecule has 0 bridgehead atoms. The Labute approximate surface area is 124 Å². The van der Waals surface area contributed by atoms with Gasteiger partial charge in [-0.25, -0.2) is 13.6 Å². The van der Waals surface area contributed by atoms with Gasteiger partial charge in [0.15, 0.2) is 0 Å². The topological polar surface area (TPSA) is 98.5 Å². The molecule has 1 amide bonds. The molecule has 0 heterocycles. The second kappa shape index (κ2) is 5.75. The van der Waals surface area contributed by atoms with Crippen LogP contribution in [0.15, 0.2) is 23.1 Å². The molecule has 1 aromatic rings. The number of carbonyl (C=O) groups excluding carboxylic acids is 1. The van der Waals surface area contributed by atoms with Crippen molar-refractivity contribution in [3.05, 3.63) is 29.3 Å². The van der Waals surface area contributed by atoms with E-state index >= 15 is 0 Å². The second-order valence-electron chi connectivity index (χ2n) is 5.45. The predicted molar refractivity (Wildman–Crippen MR) is 78.5 cm³/mol. The predicted octanol–water partition coefficient (Wildman–Crippen LogP) is 0.941. The highest BCUT2D eigenvalue weighted by Crippen LogP contribution is 2.34. The van der Waals surface area contributed by atoms with Crippen molar-refractivity contribution < 1.29 is 17.9 Å². The van der Waals surface area contributed by atoms with E-state index in [2.05, 4.69) is 5.32 Å². The summed E-state index contributed by atoms with van der Waals surface area (Å²) in [6.07, 6.45) is 2.92. The number of hydrogen-bond donors (Lipinski definition) is 2. The lowest BCUT2D eigenvalue weighted by atomic mass is 9.80. The molecular formula is C14H20N2O4S. The van der Waals surface area contributed by atoms with Crippen molar-refractivity contribution in [2.45, 2.75) is 36.7 Å². The third kappa shape index (κ3) is 3.42. The number of methoxy groups -OCH3 is 1. The molecule has 0 saturated heterocycles. The lowest BCUT2D eigenvalue weighted by Crippen LogP contribution is -2.49. The van der Waals surface area contributed by atoms with E-state index in [1.54, 1.807) is 26.2 Å². The van der Waals surface area contributed by atoms with Gasteiger partial charge >= 0.3 is 0 Å². The first-order valence-corrected chi connectivity index (χ1v) is 8.29. The van der Waals surface area contributed by atoms with Crippen LogP contribution >= 0.6 is 0 Å². The minimum atomic E-state index is -3.84. The minimum Gasteiger partial charge on any atom is -0.376 e. The molecule has 0 aliphatic heterocycles. The van der Waals surface area contributed by atoms with Crippen LogP contribution in [0.4, 0.5) is 0 Å². The molecule has 0 spiro atoms. The van der Waals surface area contributed by atoms with E-state index in [-0.39, 0.29) is 22.0 Å². The number of amides is 1. The van der Waals surface area contributed by atoms with Crippen molar-refractivity contribution in [3.63, 3.8) is 0 Å². The van der Waals surface area contributed by atoms with Crippen LogP contribution in [-0.2, 0) is 14.8 Å². The maximum atomic E-state index is 12.1. The van der Waals surface area contributed by atoms with E-state index in [4.69, 9.17) is 9.88 Å². The third-order valence-electron chi connectivity index (χ3n) is 4.03. The molecule has 0 radical (unpaired) electrons. The van der Waals surface area contributed by atoms with Crippen LogP contribution in [0.3, 0.4) is 0 Å². The zero-order valence-corrected chi connectivity index (χ0v) is 13.0. The maximum absolute atomic E-state index is 12.1. The molecule has 1 saturated carbocycles. The van der Waals surface area contributed by atoms with Gasteiger partial charge in [0.2, 0.25) is 10.0 Å². The Morgan fingerprint density at radius 3 is 2.57 bits per heavy atom. The number of ether oxygens (including phenoxy) is 1. The molecule has 0 unspecified atom stereocenters. The highest BCUT2D eigenvalue weighted by molar-refractivity contribution is 7.89. The summed E-state index contributed by atoms with van der Waals surface area (Å²) >= 11 is 0. The summed E-state index contributed by atoms with van der Waals surface area (Å²) in [5.41, 5.74) is 0.514. The fraction of sp³-hybridized carbons (Fsp3) is 0.500. The molecule has 1 aromatic carbocycles. The van der Waals surface area contributed by atoms with Gasteiger partial charge < -0.3 is 10.1 Å². The van der Waals surface area contributed by atoms with E-state index in [0.717, 1.165) is 19.3 Å². The SMILES string of the molecule is COC1(CNC(=O)c2ccc(C)c(S(N)(=O)=O)c2)CCC1. The molecular weight excluding hydrogens is 292 g/mol. The van der Waals surface area contributed by atoms with Gasteiger partial charge in [-0.05, 0) is 43.9 Å². The largest absolute Gasteiger partial charge is 0.376 e. The van der Waals surface area contributed by atoms with Crippen LogP contribution in [0.1, 0.15) is 35.2 Å². The van der Waals surface area contributed by atoms with Crippen molar-refractivity contribution in [3.8, 4) is 0 Å². The molecule has 1 fully saturated rings. The summed E-state index contributed by atoms with van der Waals surface area (Å²) in [7, 11) is -2.20. The van der Waals surface area contributed by atoms with Gasteiger partial charge in [0.05, 0.1) is 10.5 Å². The summed E-state index contributed by atoms with van der Waals surface area (Å²) in [5.74, 6) is -0.330. The highest BCUT2D eigenvalue weighted by Gasteiger charge is 2.37. The average Bonchev–Trinajstić information content (AvgIpc) is 2.37. The molecule has 1 aliphatic rings. The first kappa shape index (κ1) is 15.9. The minimum absolute atomic E-state index is 0.0275. The normalized spacial score (nSPS) is 17.1. The molecule has 3 N–H and O–H groups in total. The zero-order chi connectivity index (χ0) is 15.7. The Kier molecular flexibility index (Phi) is 4.36. The number of sulfonamides is 1. The van der Waals surface area contributed by atoms with Crippen molar-refractivity contribution in [2.24, 2.45) is 5.14 Å². The van der Waals surface area contributed by atoms with E-state index < -0.39 is 10.0 Å². The van der Waals surface area contributed by atoms with Gasteiger partial charge in [-0.1, -0.05) is 6.07 Å². The fourth-order valence-corrected chi connectivity index (χ4v) is 3.22. The summed E-state index contributed by atoms with van der Waals surface area (Å²) in [5, 5.41) is 7.93. The second-order valence-corrected chi connectivity index (χ2v) is 6.98. The molecule has 2 rings (SSSR count). The number of nitrogens with one attached hydrogen (secondary N) is 1. The van der Waals surface area contributed by atoms with Gasteiger partial charge in [0, 0.05) is 19.2 Å². The number of carbonyl (C=O) groups is 1. The number of aryl methyl sites for hydroxylation is 1. The summed E-state index contributed by atoms with van der Waals surface area (Å²) < 4.78 is 28.4.